The van der Waals surface area contributed by atoms with Gasteiger partial charge in [0, 0.05) is 25.3 Å². The number of piperidine rings is 1. The van der Waals surface area contributed by atoms with Gasteiger partial charge in [-0.3, -0.25) is 4.79 Å². The van der Waals surface area contributed by atoms with Gasteiger partial charge < -0.3 is 5.32 Å². The van der Waals surface area contributed by atoms with E-state index in [9.17, 15) is 13.2 Å². The van der Waals surface area contributed by atoms with Crippen molar-refractivity contribution in [2.24, 2.45) is 5.92 Å². The molecule has 1 aliphatic rings. The second kappa shape index (κ2) is 9.03. The monoisotopic (exact) mass is 438 g/mol. The lowest BCUT2D eigenvalue weighted by Crippen LogP contribution is -2.41. The van der Waals surface area contributed by atoms with E-state index in [1.54, 1.807) is 41.1 Å². The van der Waals surface area contributed by atoms with Crippen LogP contribution in [-0.4, -0.2) is 48.0 Å². The molecule has 2 aromatic carbocycles. The van der Waals surface area contributed by atoms with E-state index in [2.05, 4.69) is 10.4 Å². The van der Waals surface area contributed by atoms with Crippen molar-refractivity contribution in [2.75, 3.05) is 19.6 Å². The van der Waals surface area contributed by atoms with Crippen LogP contribution in [0.25, 0.3) is 5.69 Å². The number of aromatic nitrogens is 2. The van der Waals surface area contributed by atoms with Gasteiger partial charge in [0.05, 0.1) is 10.6 Å². The Morgan fingerprint density at radius 1 is 1.03 bits per heavy atom. The Hall–Kier alpha value is -2.97. The van der Waals surface area contributed by atoms with Crippen molar-refractivity contribution >= 4 is 15.9 Å². The van der Waals surface area contributed by atoms with Gasteiger partial charge in [0.25, 0.3) is 5.91 Å². The van der Waals surface area contributed by atoms with E-state index in [1.807, 2.05) is 37.3 Å². The molecule has 1 N–H and O–H groups in total. The predicted molar refractivity (Wildman–Crippen MR) is 119 cm³/mol. The molecule has 0 aliphatic carbocycles. The molecular weight excluding hydrogens is 412 g/mol. The van der Waals surface area contributed by atoms with Gasteiger partial charge in [-0.2, -0.15) is 9.40 Å². The van der Waals surface area contributed by atoms with Crippen LogP contribution in [-0.2, 0) is 10.0 Å². The topological polar surface area (TPSA) is 84.3 Å². The molecule has 1 fully saturated rings. The van der Waals surface area contributed by atoms with Gasteiger partial charge >= 0.3 is 0 Å². The summed E-state index contributed by atoms with van der Waals surface area (Å²) >= 11 is 0. The Bertz CT molecular complexity index is 1140. The quantitative estimate of drug-likeness (QED) is 0.641. The van der Waals surface area contributed by atoms with Crippen LogP contribution in [0.3, 0.4) is 0 Å². The van der Waals surface area contributed by atoms with E-state index in [4.69, 9.17) is 0 Å². The number of hydrogen-bond donors (Lipinski definition) is 1. The van der Waals surface area contributed by atoms with Gasteiger partial charge in [0.2, 0.25) is 10.0 Å². The summed E-state index contributed by atoms with van der Waals surface area (Å²) in [6, 6.07) is 20.0. The number of benzene rings is 2. The zero-order valence-electron chi connectivity index (χ0n) is 17.4. The first-order chi connectivity index (χ1) is 14.9. The number of amides is 1. The maximum atomic E-state index is 12.7. The van der Waals surface area contributed by atoms with Gasteiger partial charge in [-0.1, -0.05) is 36.4 Å². The molecule has 7 nitrogen and oxygen atoms in total. The molecule has 2 heterocycles. The van der Waals surface area contributed by atoms with Crippen LogP contribution in [0.4, 0.5) is 0 Å². The minimum absolute atomic E-state index is 0.211. The maximum absolute atomic E-state index is 12.7. The lowest BCUT2D eigenvalue weighted by atomic mass is 9.98. The summed E-state index contributed by atoms with van der Waals surface area (Å²) in [4.78, 5) is 12.9. The number of carbonyl (C=O) groups is 1. The van der Waals surface area contributed by atoms with E-state index < -0.39 is 10.0 Å². The summed E-state index contributed by atoms with van der Waals surface area (Å²) in [5.41, 5.74) is 2.17. The van der Waals surface area contributed by atoms with E-state index in [1.165, 1.54) is 4.31 Å². The molecule has 162 valence electrons. The average molecular weight is 439 g/mol. The van der Waals surface area contributed by atoms with Crippen LogP contribution in [0.5, 0.6) is 0 Å². The smallest absolute Gasteiger partial charge is 0.271 e. The number of nitrogens with one attached hydrogen (secondary N) is 1. The normalized spacial score (nSPS) is 15.6. The molecule has 4 rings (SSSR count). The molecule has 1 aromatic heterocycles. The number of para-hydroxylation sites is 1. The van der Waals surface area contributed by atoms with Gasteiger partial charge in [-0.25, -0.2) is 13.1 Å². The number of nitrogens with zero attached hydrogens (tertiary/aromatic N) is 3. The summed E-state index contributed by atoms with van der Waals surface area (Å²) in [6.07, 6.45) is 1.42. The van der Waals surface area contributed by atoms with E-state index in [-0.39, 0.29) is 11.8 Å². The van der Waals surface area contributed by atoms with Crippen LogP contribution in [0.15, 0.2) is 71.6 Å². The zero-order chi connectivity index (χ0) is 21.8. The highest BCUT2D eigenvalue weighted by molar-refractivity contribution is 7.89. The number of rotatable bonds is 6. The van der Waals surface area contributed by atoms with Gasteiger partial charge in [-0.15, -0.1) is 0 Å². The standard InChI is InChI=1S/C23H26N4O3S/c1-18-16-22(25-27(18)20-8-4-2-5-9-20)23(28)24-17-19-12-14-26(15-13-19)31(29,30)21-10-6-3-7-11-21/h2-11,16,19H,12-15,17H2,1H3,(H,24,28). The van der Waals surface area contributed by atoms with Crippen molar-refractivity contribution < 1.29 is 13.2 Å². The van der Waals surface area contributed by atoms with E-state index >= 15 is 0 Å². The van der Waals surface area contributed by atoms with Crippen molar-refractivity contribution in [3.05, 3.63) is 78.1 Å². The molecule has 1 amide bonds. The van der Waals surface area contributed by atoms with Crippen LogP contribution in [0.1, 0.15) is 29.0 Å². The maximum Gasteiger partial charge on any atom is 0.271 e. The lowest BCUT2D eigenvalue weighted by molar-refractivity contribution is 0.0936. The molecule has 0 unspecified atom stereocenters. The molecule has 3 aromatic rings. The van der Waals surface area contributed by atoms with Gasteiger partial charge in [0.15, 0.2) is 5.69 Å². The Kier molecular flexibility index (Phi) is 6.20. The largest absolute Gasteiger partial charge is 0.350 e. The third-order valence-electron chi connectivity index (χ3n) is 5.63. The Morgan fingerprint density at radius 2 is 1.65 bits per heavy atom. The van der Waals surface area contributed by atoms with Crippen molar-refractivity contribution in [3.8, 4) is 5.69 Å². The minimum atomic E-state index is -3.45. The van der Waals surface area contributed by atoms with Crippen LogP contribution >= 0.6 is 0 Å². The number of carbonyl (C=O) groups excluding carboxylic acids is 1. The van der Waals surface area contributed by atoms with Gasteiger partial charge in [0.1, 0.15) is 0 Å². The Balaban J connectivity index is 1.32. The second-order valence-corrected chi connectivity index (χ2v) is 9.73. The molecule has 0 saturated carbocycles. The number of aryl methyl sites for hydroxylation is 1. The zero-order valence-corrected chi connectivity index (χ0v) is 18.3. The highest BCUT2D eigenvalue weighted by Gasteiger charge is 2.29. The van der Waals surface area contributed by atoms with E-state index in [0.29, 0.717) is 43.1 Å². The summed E-state index contributed by atoms with van der Waals surface area (Å²) in [6.45, 7) is 3.34. The SMILES string of the molecule is Cc1cc(C(=O)NCC2CCN(S(=O)(=O)c3ccccc3)CC2)nn1-c1ccccc1. The first-order valence-corrected chi connectivity index (χ1v) is 11.8. The Morgan fingerprint density at radius 3 is 2.29 bits per heavy atom. The van der Waals surface area contributed by atoms with Crippen molar-refractivity contribution in [2.45, 2.75) is 24.7 Å². The summed E-state index contributed by atoms with van der Waals surface area (Å²) in [5.74, 6) is 0.0283. The third kappa shape index (κ3) is 4.70. The molecule has 0 radical (unpaired) electrons. The molecule has 0 bridgehead atoms. The molecule has 1 aliphatic heterocycles. The van der Waals surface area contributed by atoms with Crippen LogP contribution in [0, 0.1) is 12.8 Å². The summed E-state index contributed by atoms with van der Waals surface area (Å²) in [5, 5.41) is 7.40. The summed E-state index contributed by atoms with van der Waals surface area (Å²) in [7, 11) is -3.45. The summed E-state index contributed by atoms with van der Waals surface area (Å²) < 4.78 is 28.8. The fourth-order valence-corrected chi connectivity index (χ4v) is 5.33. The van der Waals surface area contributed by atoms with Crippen molar-refractivity contribution in [1.29, 1.82) is 0 Å². The molecule has 8 heteroatoms. The fourth-order valence-electron chi connectivity index (χ4n) is 3.84. The molecular formula is C23H26N4O3S. The second-order valence-electron chi connectivity index (χ2n) is 7.79. The fraction of sp³-hybridized carbons (Fsp3) is 0.304. The highest BCUT2D eigenvalue weighted by atomic mass is 32.2. The molecule has 0 atom stereocenters. The minimum Gasteiger partial charge on any atom is -0.350 e. The van der Waals surface area contributed by atoms with Crippen LogP contribution < -0.4 is 5.32 Å². The first-order valence-electron chi connectivity index (χ1n) is 10.4. The molecule has 0 spiro atoms. The predicted octanol–water partition coefficient (Wildman–Crippen LogP) is 3.01. The lowest BCUT2D eigenvalue weighted by Gasteiger charge is -2.31. The van der Waals surface area contributed by atoms with E-state index in [0.717, 1.165) is 11.4 Å². The average Bonchev–Trinajstić information content (AvgIpc) is 3.20. The van der Waals surface area contributed by atoms with Crippen LogP contribution in [0.2, 0.25) is 0 Å². The highest BCUT2D eigenvalue weighted by Crippen LogP contribution is 2.23. The third-order valence-corrected chi connectivity index (χ3v) is 7.54. The number of sulfonamides is 1. The number of hydrogen-bond acceptors (Lipinski definition) is 4. The van der Waals surface area contributed by atoms with Crippen molar-refractivity contribution in [3.63, 3.8) is 0 Å². The van der Waals surface area contributed by atoms with Crippen molar-refractivity contribution in [1.82, 2.24) is 19.4 Å². The first kappa shape index (κ1) is 21.3. The Labute approximate surface area is 182 Å². The molecule has 31 heavy (non-hydrogen) atoms. The molecule has 1 saturated heterocycles. The van der Waals surface area contributed by atoms with Gasteiger partial charge in [-0.05, 0) is 56.0 Å².